The molecular weight excluding hydrogens is 242 g/mol. The van der Waals surface area contributed by atoms with Crippen molar-refractivity contribution in [1.29, 1.82) is 0 Å². The Morgan fingerprint density at radius 1 is 1.32 bits per heavy atom. The van der Waals surface area contributed by atoms with Crippen molar-refractivity contribution in [2.24, 2.45) is 0 Å². The lowest BCUT2D eigenvalue weighted by Crippen LogP contribution is -2.37. The Bertz CT molecular complexity index is 440. The quantitative estimate of drug-likeness (QED) is 0.630. The largest absolute Gasteiger partial charge is 0.464 e. The summed E-state index contributed by atoms with van der Waals surface area (Å²) in [6.07, 6.45) is 3.93. The van der Waals surface area contributed by atoms with Crippen molar-refractivity contribution in [3.05, 3.63) is 42.0 Å². The molecule has 1 amide bonds. The van der Waals surface area contributed by atoms with Gasteiger partial charge in [-0.25, -0.2) is 0 Å². The second-order valence-corrected chi connectivity index (χ2v) is 4.16. The highest BCUT2D eigenvalue weighted by Crippen LogP contribution is 2.01. The van der Waals surface area contributed by atoms with E-state index in [1.165, 1.54) is 13.0 Å². The minimum atomic E-state index is -0.340. The van der Waals surface area contributed by atoms with Gasteiger partial charge in [0.05, 0.1) is 6.04 Å². The number of rotatable bonds is 6. The molecule has 1 rings (SSSR count). The molecule has 0 fully saturated rings. The van der Waals surface area contributed by atoms with Crippen molar-refractivity contribution in [3.63, 3.8) is 0 Å². The summed E-state index contributed by atoms with van der Waals surface area (Å²) in [4.78, 5) is 22.4. The fourth-order valence-corrected chi connectivity index (χ4v) is 1.46. The first-order valence-corrected chi connectivity index (χ1v) is 6.28. The van der Waals surface area contributed by atoms with Gasteiger partial charge < -0.3 is 10.1 Å². The van der Waals surface area contributed by atoms with Crippen molar-refractivity contribution >= 4 is 18.0 Å². The fraction of sp³-hybridized carbons (Fsp3) is 0.333. The Morgan fingerprint density at radius 3 is 2.58 bits per heavy atom. The number of carbonyl (C=O) groups is 2. The SMILES string of the molecule is CCC(COC(C)=O)NC(=O)/C=C/c1ccccc1. The molecule has 1 aromatic carbocycles. The van der Waals surface area contributed by atoms with Crippen molar-refractivity contribution < 1.29 is 14.3 Å². The van der Waals surface area contributed by atoms with E-state index in [4.69, 9.17) is 4.74 Å². The van der Waals surface area contributed by atoms with Crippen LogP contribution in [0.25, 0.3) is 6.08 Å². The predicted molar refractivity (Wildman–Crippen MR) is 74.3 cm³/mol. The zero-order chi connectivity index (χ0) is 14.1. The van der Waals surface area contributed by atoms with Gasteiger partial charge in [0.15, 0.2) is 0 Å². The summed E-state index contributed by atoms with van der Waals surface area (Å²) in [7, 11) is 0. The second kappa shape index (κ2) is 8.08. The maximum absolute atomic E-state index is 11.7. The molecular formula is C15H19NO3. The molecule has 1 atom stereocenters. The Kier molecular flexibility index (Phi) is 6.36. The van der Waals surface area contributed by atoms with Crippen molar-refractivity contribution in [2.75, 3.05) is 6.61 Å². The maximum Gasteiger partial charge on any atom is 0.302 e. The Balaban J connectivity index is 2.44. The zero-order valence-corrected chi connectivity index (χ0v) is 11.3. The average molecular weight is 261 g/mol. The summed E-state index contributed by atoms with van der Waals surface area (Å²) in [5.74, 6) is -0.532. The van der Waals surface area contributed by atoms with Crippen LogP contribution in [0.2, 0.25) is 0 Å². The lowest BCUT2D eigenvalue weighted by atomic mass is 10.2. The van der Waals surface area contributed by atoms with E-state index in [2.05, 4.69) is 5.32 Å². The van der Waals surface area contributed by atoms with Crippen molar-refractivity contribution in [3.8, 4) is 0 Å². The first kappa shape index (κ1) is 15.0. The highest BCUT2D eigenvalue weighted by atomic mass is 16.5. The molecule has 0 heterocycles. The second-order valence-electron chi connectivity index (χ2n) is 4.16. The third kappa shape index (κ3) is 6.41. The number of amides is 1. The molecule has 1 N–H and O–H groups in total. The molecule has 0 bridgehead atoms. The van der Waals surface area contributed by atoms with Gasteiger partial charge in [-0.2, -0.15) is 0 Å². The van der Waals surface area contributed by atoms with E-state index in [1.54, 1.807) is 6.08 Å². The van der Waals surface area contributed by atoms with Gasteiger partial charge in [0.25, 0.3) is 0 Å². The molecule has 0 saturated heterocycles. The normalized spacial score (nSPS) is 12.1. The topological polar surface area (TPSA) is 55.4 Å². The number of ether oxygens (including phenoxy) is 1. The molecule has 0 spiro atoms. The van der Waals surface area contributed by atoms with Crippen LogP contribution in [-0.2, 0) is 14.3 Å². The van der Waals surface area contributed by atoms with E-state index in [0.29, 0.717) is 6.42 Å². The maximum atomic E-state index is 11.7. The van der Waals surface area contributed by atoms with Gasteiger partial charge in [-0.15, -0.1) is 0 Å². The molecule has 4 heteroatoms. The monoisotopic (exact) mass is 261 g/mol. The molecule has 4 nitrogen and oxygen atoms in total. The Morgan fingerprint density at radius 2 is 2.00 bits per heavy atom. The summed E-state index contributed by atoms with van der Waals surface area (Å²) >= 11 is 0. The molecule has 0 radical (unpaired) electrons. The molecule has 0 aliphatic rings. The highest BCUT2D eigenvalue weighted by Gasteiger charge is 2.09. The van der Waals surface area contributed by atoms with Gasteiger partial charge >= 0.3 is 5.97 Å². The first-order chi connectivity index (χ1) is 9.11. The smallest absolute Gasteiger partial charge is 0.302 e. The third-order valence-electron chi connectivity index (χ3n) is 2.55. The van der Waals surface area contributed by atoms with Crippen LogP contribution >= 0.6 is 0 Å². The van der Waals surface area contributed by atoms with Crippen LogP contribution in [0.3, 0.4) is 0 Å². The number of carbonyl (C=O) groups excluding carboxylic acids is 2. The average Bonchev–Trinajstić information content (AvgIpc) is 2.42. The summed E-state index contributed by atoms with van der Waals surface area (Å²) in [6, 6.07) is 9.42. The summed E-state index contributed by atoms with van der Waals surface area (Å²) in [5, 5.41) is 2.79. The molecule has 102 valence electrons. The van der Waals surface area contributed by atoms with Crippen LogP contribution in [0, 0.1) is 0 Å². The fourth-order valence-electron chi connectivity index (χ4n) is 1.46. The predicted octanol–water partition coefficient (Wildman–Crippen LogP) is 2.16. The van der Waals surface area contributed by atoms with Gasteiger partial charge in [0.2, 0.25) is 5.91 Å². The van der Waals surface area contributed by atoms with E-state index in [9.17, 15) is 9.59 Å². The molecule has 1 aromatic rings. The van der Waals surface area contributed by atoms with Gasteiger partial charge in [-0.1, -0.05) is 37.3 Å². The van der Waals surface area contributed by atoms with Crippen LogP contribution in [0.15, 0.2) is 36.4 Å². The van der Waals surface area contributed by atoms with E-state index >= 15 is 0 Å². The minimum Gasteiger partial charge on any atom is -0.464 e. The summed E-state index contributed by atoms with van der Waals surface area (Å²) < 4.78 is 4.88. The number of esters is 1. The molecule has 0 aromatic heterocycles. The summed E-state index contributed by atoms with van der Waals surface area (Å²) in [6.45, 7) is 3.48. The number of nitrogens with one attached hydrogen (secondary N) is 1. The molecule has 19 heavy (non-hydrogen) atoms. The van der Waals surface area contributed by atoms with Crippen molar-refractivity contribution in [2.45, 2.75) is 26.3 Å². The van der Waals surface area contributed by atoms with E-state index < -0.39 is 0 Å². The van der Waals surface area contributed by atoms with E-state index in [1.807, 2.05) is 37.3 Å². The van der Waals surface area contributed by atoms with E-state index in [0.717, 1.165) is 5.56 Å². The number of hydrogen-bond donors (Lipinski definition) is 1. The van der Waals surface area contributed by atoms with Crippen LogP contribution < -0.4 is 5.32 Å². The molecule has 0 saturated carbocycles. The minimum absolute atomic E-state index is 0.156. The number of benzene rings is 1. The molecule has 1 unspecified atom stereocenters. The Hall–Kier alpha value is -2.10. The zero-order valence-electron chi connectivity index (χ0n) is 11.3. The molecule has 0 aliphatic carbocycles. The highest BCUT2D eigenvalue weighted by molar-refractivity contribution is 5.91. The van der Waals surface area contributed by atoms with Gasteiger partial charge in [-0.05, 0) is 18.1 Å². The van der Waals surface area contributed by atoms with Crippen LogP contribution in [-0.4, -0.2) is 24.5 Å². The van der Waals surface area contributed by atoms with Gasteiger partial charge in [0.1, 0.15) is 6.61 Å². The van der Waals surface area contributed by atoms with E-state index in [-0.39, 0.29) is 24.5 Å². The van der Waals surface area contributed by atoms with Gasteiger partial charge in [-0.3, -0.25) is 9.59 Å². The Labute approximate surface area is 113 Å². The van der Waals surface area contributed by atoms with Gasteiger partial charge in [0, 0.05) is 13.0 Å². The van der Waals surface area contributed by atoms with Crippen LogP contribution in [0.4, 0.5) is 0 Å². The first-order valence-electron chi connectivity index (χ1n) is 6.28. The third-order valence-corrected chi connectivity index (χ3v) is 2.55. The molecule has 0 aliphatic heterocycles. The lowest BCUT2D eigenvalue weighted by molar-refractivity contribution is -0.142. The summed E-state index contributed by atoms with van der Waals surface area (Å²) in [5.41, 5.74) is 0.964. The van der Waals surface area contributed by atoms with Crippen LogP contribution in [0.1, 0.15) is 25.8 Å². The standard InChI is InChI=1S/C15H19NO3/c1-3-14(11-19-12(2)17)16-15(18)10-9-13-7-5-4-6-8-13/h4-10,14H,3,11H2,1-2H3,(H,16,18)/b10-9+. The van der Waals surface area contributed by atoms with Crippen molar-refractivity contribution in [1.82, 2.24) is 5.32 Å². The lowest BCUT2D eigenvalue weighted by Gasteiger charge is -2.15. The number of hydrogen-bond acceptors (Lipinski definition) is 3. The van der Waals surface area contributed by atoms with Crippen LogP contribution in [0.5, 0.6) is 0 Å².